The number of aliphatic hydroxyl groups is 1. The summed E-state index contributed by atoms with van der Waals surface area (Å²) in [6.45, 7) is 4.06. The maximum absolute atomic E-state index is 11.4. The molecule has 2 unspecified atom stereocenters. The molecule has 6 nitrogen and oxygen atoms in total. The van der Waals surface area contributed by atoms with Gasteiger partial charge in [-0.05, 0) is 20.4 Å². The number of esters is 1. The molecule has 1 amide bonds. The molecule has 0 saturated heterocycles. The molecule has 6 heteroatoms. The van der Waals surface area contributed by atoms with Crippen molar-refractivity contribution in [2.24, 2.45) is 0 Å². The van der Waals surface area contributed by atoms with Gasteiger partial charge in [0.1, 0.15) is 6.04 Å². The fourth-order valence-corrected chi connectivity index (χ4v) is 1.38. The number of likely N-dealkylation sites (N-methyl/N-ethyl adjacent to an activating group) is 1. The van der Waals surface area contributed by atoms with Gasteiger partial charge in [0.05, 0.1) is 13.2 Å². The maximum atomic E-state index is 11.4. The van der Waals surface area contributed by atoms with Crippen molar-refractivity contribution in [2.75, 3.05) is 27.2 Å². The average Bonchev–Trinajstić information content (AvgIpc) is 2.23. The number of carbonyl (C=O) groups excluding carboxylic acids is 2. The first-order chi connectivity index (χ1) is 7.86. The monoisotopic (exact) mass is 246 g/mol. The fourth-order valence-electron chi connectivity index (χ4n) is 1.38. The Morgan fingerprint density at radius 3 is 2.47 bits per heavy atom. The predicted molar refractivity (Wildman–Crippen MR) is 63.4 cm³/mol. The molecule has 0 aliphatic rings. The first-order valence-corrected chi connectivity index (χ1v) is 5.58. The normalized spacial score (nSPS) is 14.2. The predicted octanol–water partition coefficient (Wildman–Crippen LogP) is -0.633. The zero-order chi connectivity index (χ0) is 13.4. The summed E-state index contributed by atoms with van der Waals surface area (Å²) in [5.41, 5.74) is 0. The summed E-state index contributed by atoms with van der Waals surface area (Å²) in [7, 11) is 3.10. The third kappa shape index (κ3) is 7.70. The lowest BCUT2D eigenvalue weighted by Gasteiger charge is -2.23. The second kappa shape index (κ2) is 8.03. The van der Waals surface area contributed by atoms with Gasteiger partial charge < -0.3 is 20.1 Å². The lowest BCUT2D eigenvalue weighted by atomic mass is 10.2. The summed E-state index contributed by atoms with van der Waals surface area (Å²) in [5.74, 6) is -0.742. The third-order valence-electron chi connectivity index (χ3n) is 2.29. The van der Waals surface area contributed by atoms with Gasteiger partial charge in [0.25, 0.3) is 0 Å². The Balaban J connectivity index is 4.22. The molecule has 0 aromatic heterocycles. The summed E-state index contributed by atoms with van der Waals surface area (Å²) in [6.07, 6.45) is 0.236. The lowest BCUT2D eigenvalue weighted by molar-refractivity contribution is -0.145. The van der Waals surface area contributed by atoms with Crippen molar-refractivity contribution in [1.29, 1.82) is 0 Å². The number of methoxy groups -OCH3 is 1. The highest BCUT2D eigenvalue weighted by atomic mass is 16.5. The summed E-state index contributed by atoms with van der Waals surface area (Å²) >= 11 is 0. The summed E-state index contributed by atoms with van der Waals surface area (Å²) in [6, 6.07) is -0.670. The minimum absolute atomic E-state index is 0.274. The highest BCUT2D eigenvalue weighted by Gasteiger charge is 2.21. The minimum Gasteiger partial charge on any atom is -0.467 e. The zero-order valence-electron chi connectivity index (χ0n) is 10.9. The Morgan fingerprint density at radius 1 is 1.47 bits per heavy atom. The molecule has 0 radical (unpaired) electrons. The van der Waals surface area contributed by atoms with Crippen molar-refractivity contribution in [1.82, 2.24) is 10.2 Å². The van der Waals surface area contributed by atoms with Crippen LogP contribution in [0.3, 0.4) is 0 Å². The zero-order valence-corrected chi connectivity index (χ0v) is 10.9. The smallest absolute Gasteiger partial charge is 0.329 e. The summed E-state index contributed by atoms with van der Waals surface area (Å²) in [5, 5.41) is 11.7. The van der Waals surface area contributed by atoms with Crippen LogP contribution in [0.1, 0.15) is 20.3 Å². The van der Waals surface area contributed by atoms with Crippen molar-refractivity contribution in [3.63, 3.8) is 0 Å². The molecule has 0 saturated carbocycles. The molecule has 0 aliphatic carbocycles. The van der Waals surface area contributed by atoms with Crippen LogP contribution >= 0.6 is 0 Å². The van der Waals surface area contributed by atoms with Crippen molar-refractivity contribution in [2.45, 2.75) is 32.4 Å². The number of hydrogen-bond acceptors (Lipinski definition) is 5. The van der Waals surface area contributed by atoms with E-state index in [1.165, 1.54) is 14.0 Å². The van der Waals surface area contributed by atoms with E-state index < -0.39 is 12.0 Å². The van der Waals surface area contributed by atoms with Crippen molar-refractivity contribution in [3.8, 4) is 0 Å². The molecule has 0 aliphatic heterocycles. The van der Waals surface area contributed by atoms with E-state index in [0.29, 0.717) is 19.5 Å². The molecule has 0 spiro atoms. The molecule has 0 fully saturated rings. The van der Waals surface area contributed by atoms with Crippen LogP contribution in [0, 0.1) is 0 Å². The number of rotatable bonds is 7. The second-order valence-electron chi connectivity index (χ2n) is 4.18. The van der Waals surface area contributed by atoms with Crippen molar-refractivity contribution in [3.05, 3.63) is 0 Å². The average molecular weight is 246 g/mol. The second-order valence-corrected chi connectivity index (χ2v) is 4.18. The van der Waals surface area contributed by atoms with E-state index >= 15 is 0 Å². The molecule has 0 aromatic rings. The van der Waals surface area contributed by atoms with E-state index in [1.54, 1.807) is 6.92 Å². The molecular weight excluding hydrogens is 224 g/mol. The number of amides is 1. The number of carbonyl (C=O) groups is 2. The highest BCUT2D eigenvalue weighted by Crippen LogP contribution is 1.97. The molecule has 17 heavy (non-hydrogen) atoms. The van der Waals surface area contributed by atoms with Crippen LogP contribution in [0.5, 0.6) is 0 Å². The van der Waals surface area contributed by atoms with E-state index in [2.05, 4.69) is 10.1 Å². The van der Waals surface area contributed by atoms with Gasteiger partial charge in [0.2, 0.25) is 5.91 Å². The highest BCUT2D eigenvalue weighted by molar-refractivity contribution is 5.83. The van der Waals surface area contributed by atoms with Gasteiger partial charge in [-0.1, -0.05) is 0 Å². The number of hydrogen-bond donors (Lipinski definition) is 2. The maximum Gasteiger partial charge on any atom is 0.329 e. The first-order valence-electron chi connectivity index (χ1n) is 5.58. The summed E-state index contributed by atoms with van der Waals surface area (Å²) < 4.78 is 4.61. The van der Waals surface area contributed by atoms with Gasteiger partial charge in [-0.3, -0.25) is 4.79 Å². The largest absolute Gasteiger partial charge is 0.467 e. The van der Waals surface area contributed by atoms with E-state index in [-0.39, 0.29) is 12.0 Å². The van der Waals surface area contributed by atoms with Crippen molar-refractivity contribution >= 4 is 11.9 Å². The van der Waals surface area contributed by atoms with Crippen LogP contribution in [-0.4, -0.2) is 61.3 Å². The summed E-state index contributed by atoms with van der Waals surface area (Å²) in [4.78, 5) is 24.2. The lowest BCUT2D eigenvalue weighted by Crippen LogP contribution is -2.47. The molecule has 0 aromatic carbocycles. The molecule has 0 rings (SSSR count). The van der Waals surface area contributed by atoms with Gasteiger partial charge in [-0.2, -0.15) is 0 Å². The molecule has 0 bridgehead atoms. The molecule has 2 atom stereocenters. The van der Waals surface area contributed by atoms with Crippen LogP contribution < -0.4 is 5.32 Å². The van der Waals surface area contributed by atoms with Crippen LogP contribution in [0.2, 0.25) is 0 Å². The topological polar surface area (TPSA) is 78.9 Å². The molecule has 100 valence electrons. The Bertz CT molecular complexity index is 256. The SMILES string of the molecule is COC(=O)C(CN(C)CCC(C)O)NC(C)=O. The minimum atomic E-state index is -0.670. The Kier molecular flexibility index (Phi) is 7.49. The van der Waals surface area contributed by atoms with E-state index in [9.17, 15) is 9.59 Å². The van der Waals surface area contributed by atoms with Gasteiger partial charge in [0.15, 0.2) is 0 Å². The quantitative estimate of drug-likeness (QED) is 0.585. The number of aliphatic hydroxyl groups excluding tert-OH is 1. The Labute approximate surface area is 102 Å². The molecule has 0 heterocycles. The van der Waals surface area contributed by atoms with E-state index in [1.807, 2.05) is 11.9 Å². The standard InChI is InChI=1S/C11H22N2O4/c1-8(14)5-6-13(3)7-10(11(16)17-4)12-9(2)15/h8,10,14H,5-7H2,1-4H3,(H,12,15). The first kappa shape index (κ1) is 15.9. The van der Waals surface area contributed by atoms with Crippen LogP contribution in [0.4, 0.5) is 0 Å². The van der Waals surface area contributed by atoms with Crippen LogP contribution in [0.15, 0.2) is 0 Å². The number of ether oxygens (including phenoxy) is 1. The molecule has 2 N–H and O–H groups in total. The van der Waals surface area contributed by atoms with Gasteiger partial charge in [-0.25, -0.2) is 4.79 Å². The number of nitrogens with one attached hydrogen (secondary N) is 1. The van der Waals surface area contributed by atoms with E-state index in [0.717, 1.165) is 0 Å². The van der Waals surface area contributed by atoms with Gasteiger partial charge in [-0.15, -0.1) is 0 Å². The molecular formula is C11H22N2O4. The van der Waals surface area contributed by atoms with E-state index in [4.69, 9.17) is 5.11 Å². The van der Waals surface area contributed by atoms with Crippen molar-refractivity contribution < 1.29 is 19.4 Å². The Morgan fingerprint density at radius 2 is 2.06 bits per heavy atom. The van der Waals surface area contributed by atoms with Gasteiger partial charge in [0, 0.05) is 20.0 Å². The third-order valence-corrected chi connectivity index (χ3v) is 2.29. The Hall–Kier alpha value is -1.14. The number of nitrogens with zero attached hydrogens (tertiary/aromatic N) is 1. The van der Waals surface area contributed by atoms with Crippen LogP contribution in [0.25, 0.3) is 0 Å². The van der Waals surface area contributed by atoms with Gasteiger partial charge >= 0.3 is 5.97 Å². The van der Waals surface area contributed by atoms with Crippen LogP contribution in [-0.2, 0) is 14.3 Å². The fraction of sp³-hybridized carbons (Fsp3) is 0.818.